The molecule has 1 aromatic rings. The van der Waals surface area contributed by atoms with Crippen LogP contribution in [0.15, 0.2) is 29.2 Å². The van der Waals surface area contributed by atoms with Crippen molar-refractivity contribution >= 4 is 10.1 Å². The van der Waals surface area contributed by atoms with Crippen LogP contribution in [0.1, 0.15) is 32.8 Å². The second-order valence-corrected chi connectivity index (χ2v) is 6.66. The van der Waals surface area contributed by atoms with Crippen LogP contribution in [0.25, 0.3) is 0 Å². The van der Waals surface area contributed by atoms with Crippen molar-refractivity contribution in [3.05, 3.63) is 29.8 Å². The summed E-state index contributed by atoms with van der Waals surface area (Å²) in [6.45, 7) is 8.11. The maximum atomic E-state index is 11.9. The molecule has 3 nitrogen and oxygen atoms in total. The van der Waals surface area contributed by atoms with Crippen LogP contribution < -0.4 is 0 Å². The van der Waals surface area contributed by atoms with Gasteiger partial charge in [-0.15, -0.1) is 0 Å². The zero-order chi connectivity index (χ0) is 13.1. The summed E-state index contributed by atoms with van der Waals surface area (Å²) in [5.74, 6) is 0. The summed E-state index contributed by atoms with van der Waals surface area (Å²) in [6.07, 6.45) is 0.871. The number of rotatable bonds is 5. The lowest BCUT2D eigenvalue weighted by atomic mass is 9.92. The molecule has 0 aliphatic rings. The Morgan fingerprint density at radius 3 is 2.18 bits per heavy atom. The zero-order valence-corrected chi connectivity index (χ0v) is 11.7. The topological polar surface area (TPSA) is 43.4 Å². The Kier molecular flexibility index (Phi) is 4.33. The SMILES string of the molecule is CCC(C)(C)COS(=O)(=O)c1ccc(C)cc1. The van der Waals surface area contributed by atoms with Crippen molar-refractivity contribution in [1.29, 1.82) is 0 Å². The zero-order valence-electron chi connectivity index (χ0n) is 10.9. The Labute approximate surface area is 104 Å². The van der Waals surface area contributed by atoms with Gasteiger partial charge in [-0.2, -0.15) is 8.42 Å². The molecule has 0 N–H and O–H groups in total. The summed E-state index contributed by atoms with van der Waals surface area (Å²) in [5.41, 5.74) is 0.899. The van der Waals surface area contributed by atoms with E-state index in [0.717, 1.165) is 12.0 Å². The molecule has 1 rings (SSSR count). The van der Waals surface area contributed by atoms with Crippen LogP contribution >= 0.6 is 0 Å². The quantitative estimate of drug-likeness (QED) is 0.760. The molecule has 0 bridgehead atoms. The van der Waals surface area contributed by atoms with E-state index in [1.807, 2.05) is 27.7 Å². The summed E-state index contributed by atoms with van der Waals surface area (Å²) in [7, 11) is -3.62. The maximum Gasteiger partial charge on any atom is 0.296 e. The van der Waals surface area contributed by atoms with Crippen molar-refractivity contribution in [2.24, 2.45) is 5.41 Å². The van der Waals surface area contributed by atoms with Gasteiger partial charge in [-0.1, -0.05) is 38.5 Å². The van der Waals surface area contributed by atoms with Gasteiger partial charge in [0, 0.05) is 0 Å². The number of hydrogen-bond acceptors (Lipinski definition) is 3. The molecule has 0 aliphatic heterocycles. The third kappa shape index (κ3) is 4.13. The third-order valence-corrected chi connectivity index (χ3v) is 4.15. The van der Waals surface area contributed by atoms with Gasteiger partial charge in [0.1, 0.15) is 0 Å². The van der Waals surface area contributed by atoms with Crippen molar-refractivity contribution in [2.75, 3.05) is 6.61 Å². The molecule has 0 amide bonds. The summed E-state index contributed by atoms with van der Waals surface area (Å²) in [5, 5.41) is 0. The highest BCUT2D eigenvalue weighted by atomic mass is 32.2. The average Bonchev–Trinajstić information content (AvgIpc) is 2.27. The molecular weight excluding hydrogens is 236 g/mol. The minimum absolute atomic E-state index is 0.127. The van der Waals surface area contributed by atoms with Gasteiger partial charge in [0.2, 0.25) is 0 Å². The standard InChI is InChI=1S/C13H20O3S/c1-5-13(3,4)10-16-17(14,15)12-8-6-11(2)7-9-12/h6-9H,5,10H2,1-4H3. The first-order valence-electron chi connectivity index (χ1n) is 5.73. The molecule has 0 aliphatic carbocycles. The Hall–Kier alpha value is -0.870. The minimum Gasteiger partial charge on any atom is -0.266 e. The molecule has 0 heterocycles. The van der Waals surface area contributed by atoms with E-state index in [1.165, 1.54) is 0 Å². The van der Waals surface area contributed by atoms with Crippen molar-refractivity contribution in [3.63, 3.8) is 0 Å². The van der Waals surface area contributed by atoms with Crippen LogP contribution in [0, 0.1) is 12.3 Å². The first-order chi connectivity index (χ1) is 7.77. The summed E-state index contributed by atoms with van der Waals surface area (Å²) < 4.78 is 28.9. The van der Waals surface area contributed by atoms with Gasteiger partial charge in [-0.25, -0.2) is 0 Å². The van der Waals surface area contributed by atoms with E-state index in [0.29, 0.717) is 0 Å². The smallest absolute Gasteiger partial charge is 0.266 e. The van der Waals surface area contributed by atoms with Crippen LogP contribution in [-0.2, 0) is 14.3 Å². The van der Waals surface area contributed by atoms with Crippen molar-refractivity contribution in [2.45, 2.75) is 39.0 Å². The Balaban J connectivity index is 2.79. The molecule has 0 saturated carbocycles. The predicted molar refractivity (Wildman–Crippen MR) is 68.4 cm³/mol. The van der Waals surface area contributed by atoms with Gasteiger partial charge in [0.05, 0.1) is 11.5 Å². The van der Waals surface area contributed by atoms with Gasteiger partial charge >= 0.3 is 0 Å². The van der Waals surface area contributed by atoms with E-state index >= 15 is 0 Å². The molecule has 4 heteroatoms. The Bertz CT molecular complexity index is 458. The summed E-state index contributed by atoms with van der Waals surface area (Å²) in [6, 6.07) is 6.68. The highest BCUT2D eigenvalue weighted by molar-refractivity contribution is 7.86. The molecule has 0 radical (unpaired) electrons. The van der Waals surface area contributed by atoms with Gasteiger partial charge < -0.3 is 0 Å². The summed E-state index contributed by atoms with van der Waals surface area (Å²) >= 11 is 0. The fraction of sp³-hybridized carbons (Fsp3) is 0.538. The van der Waals surface area contributed by atoms with E-state index in [1.54, 1.807) is 24.3 Å². The molecule has 1 aromatic carbocycles. The molecule has 96 valence electrons. The maximum absolute atomic E-state index is 11.9. The lowest BCUT2D eigenvalue weighted by Crippen LogP contribution is -2.21. The van der Waals surface area contributed by atoms with Crippen LogP contribution in [0.2, 0.25) is 0 Å². The van der Waals surface area contributed by atoms with Crippen LogP contribution in [0.3, 0.4) is 0 Å². The monoisotopic (exact) mass is 256 g/mol. The van der Waals surface area contributed by atoms with E-state index in [9.17, 15) is 8.42 Å². The third-order valence-electron chi connectivity index (χ3n) is 2.87. The predicted octanol–water partition coefficient (Wildman–Crippen LogP) is 3.14. The van der Waals surface area contributed by atoms with Crippen LogP contribution in [-0.4, -0.2) is 15.0 Å². The second-order valence-electron chi connectivity index (χ2n) is 5.05. The van der Waals surface area contributed by atoms with Crippen LogP contribution in [0.5, 0.6) is 0 Å². The highest BCUT2D eigenvalue weighted by Crippen LogP contribution is 2.22. The molecule has 0 atom stereocenters. The van der Waals surface area contributed by atoms with Gasteiger partial charge in [0.15, 0.2) is 0 Å². The first kappa shape index (κ1) is 14.2. The molecular formula is C13H20O3S. The van der Waals surface area contributed by atoms with Crippen molar-refractivity contribution in [3.8, 4) is 0 Å². The lowest BCUT2D eigenvalue weighted by Gasteiger charge is -2.21. The van der Waals surface area contributed by atoms with Crippen molar-refractivity contribution in [1.82, 2.24) is 0 Å². The fourth-order valence-corrected chi connectivity index (χ4v) is 2.19. The Morgan fingerprint density at radius 1 is 1.18 bits per heavy atom. The van der Waals surface area contributed by atoms with Gasteiger partial charge in [0.25, 0.3) is 10.1 Å². The number of aryl methyl sites for hydroxylation is 1. The van der Waals surface area contributed by atoms with Gasteiger partial charge in [-0.05, 0) is 30.9 Å². The van der Waals surface area contributed by atoms with Gasteiger partial charge in [-0.3, -0.25) is 4.18 Å². The van der Waals surface area contributed by atoms with E-state index in [-0.39, 0.29) is 16.9 Å². The lowest BCUT2D eigenvalue weighted by molar-refractivity contribution is 0.181. The summed E-state index contributed by atoms with van der Waals surface area (Å²) in [4.78, 5) is 0.218. The minimum atomic E-state index is -3.62. The highest BCUT2D eigenvalue weighted by Gasteiger charge is 2.22. The number of benzene rings is 1. The molecule has 0 spiro atoms. The molecule has 0 saturated heterocycles. The van der Waals surface area contributed by atoms with E-state index in [2.05, 4.69) is 0 Å². The van der Waals surface area contributed by atoms with Crippen molar-refractivity contribution < 1.29 is 12.6 Å². The number of hydrogen-bond donors (Lipinski definition) is 0. The Morgan fingerprint density at radius 2 is 1.71 bits per heavy atom. The first-order valence-corrected chi connectivity index (χ1v) is 7.14. The fourth-order valence-electron chi connectivity index (χ4n) is 1.11. The van der Waals surface area contributed by atoms with E-state index in [4.69, 9.17) is 4.18 Å². The largest absolute Gasteiger partial charge is 0.296 e. The molecule has 0 unspecified atom stereocenters. The molecule has 17 heavy (non-hydrogen) atoms. The van der Waals surface area contributed by atoms with Crippen LogP contribution in [0.4, 0.5) is 0 Å². The molecule has 0 fully saturated rings. The molecule has 0 aromatic heterocycles. The normalized spacial score (nSPS) is 12.7. The average molecular weight is 256 g/mol. The second kappa shape index (κ2) is 5.19. The van der Waals surface area contributed by atoms with E-state index < -0.39 is 10.1 Å².